The molecule has 0 spiro atoms. The quantitative estimate of drug-likeness (QED) is 0.151. The molecule has 0 aromatic carbocycles. The number of aliphatic carboxylic acids is 2. The van der Waals surface area contributed by atoms with E-state index in [1.165, 1.54) is 0 Å². The average molecular weight is 431 g/mol. The van der Waals surface area contributed by atoms with Gasteiger partial charge in [0.2, 0.25) is 23.6 Å². The predicted molar refractivity (Wildman–Crippen MR) is 103 cm³/mol. The summed E-state index contributed by atoms with van der Waals surface area (Å²) in [5.74, 6) is -6.19. The molecule has 0 aliphatic rings. The molecule has 13 heteroatoms. The number of carboxylic acid groups (broad SMARTS) is 2. The van der Waals surface area contributed by atoms with E-state index >= 15 is 0 Å². The number of hydrogen-bond donors (Lipinski definition) is 7. The van der Waals surface area contributed by atoms with E-state index in [1.807, 2.05) is 0 Å². The molecular weight excluding hydrogens is 402 g/mol. The standard InChI is InChI=1S/C17H29N5O8/c1-3-8(2)14(16(28)21-10(17(29)30)6-11(19)23)22-12(24)7-20-15(27)9(18)4-5-13(25)26/h8-10,14H,3-7,18H2,1-2H3,(H2,19,23)(H,20,27)(H,21,28)(H,22,24)(H,25,26)(H,29,30). The van der Waals surface area contributed by atoms with Gasteiger partial charge in [0.15, 0.2) is 0 Å². The van der Waals surface area contributed by atoms with Crippen LogP contribution in [0.3, 0.4) is 0 Å². The van der Waals surface area contributed by atoms with Crippen LogP contribution in [0, 0.1) is 5.92 Å². The maximum absolute atomic E-state index is 12.5. The number of nitrogens with one attached hydrogen (secondary N) is 3. The first-order chi connectivity index (χ1) is 13.9. The zero-order chi connectivity index (χ0) is 23.4. The lowest BCUT2D eigenvalue weighted by molar-refractivity contribution is -0.144. The summed E-state index contributed by atoms with van der Waals surface area (Å²) in [7, 11) is 0. The molecule has 13 nitrogen and oxygen atoms in total. The van der Waals surface area contributed by atoms with Crippen molar-refractivity contribution in [3.8, 4) is 0 Å². The van der Waals surface area contributed by atoms with Gasteiger partial charge in [0.1, 0.15) is 12.1 Å². The lowest BCUT2D eigenvalue weighted by Crippen LogP contribution is -2.56. The summed E-state index contributed by atoms with van der Waals surface area (Å²) in [6.07, 6.45) is -0.588. The second kappa shape index (κ2) is 13.1. The summed E-state index contributed by atoms with van der Waals surface area (Å²) in [6, 6.07) is -3.80. The number of rotatable bonds is 14. The highest BCUT2D eigenvalue weighted by Gasteiger charge is 2.30. The fourth-order valence-corrected chi connectivity index (χ4v) is 2.30. The lowest BCUT2D eigenvalue weighted by atomic mass is 9.97. The predicted octanol–water partition coefficient (Wildman–Crippen LogP) is -2.73. The third kappa shape index (κ3) is 10.4. The third-order valence-electron chi connectivity index (χ3n) is 4.26. The van der Waals surface area contributed by atoms with Gasteiger partial charge in [-0.3, -0.25) is 24.0 Å². The highest BCUT2D eigenvalue weighted by atomic mass is 16.4. The van der Waals surface area contributed by atoms with Crippen LogP contribution < -0.4 is 27.4 Å². The molecule has 0 aromatic heterocycles. The molecule has 30 heavy (non-hydrogen) atoms. The van der Waals surface area contributed by atoms with Crippen LogP contribution >= 0.6 is 0 Å². The van der Waals surface area contributed by atoms with Gasteiger partial charge < -0.3 is 37.6 Å². The van der Waals surface area contributed by atoms with E-state index < -0.39 is 72.6 Å². The van der Waals surface area contributed by atoms with E-state index in [9.17, 15) is 28.8 Å². The molecule has 4 atom stereocenters. The Morgan fingerprint density at radius 1 is 1.00 bits per heavy atom. The second-order valence-corrected chi connectivity index (χ2v) is 6.76. The highest BCUT2D eigenvalue weighted by Crippen LogP contribution is 2.09. The summed E-state index contributed by atoms with van der Waals surface area (Å²) < 4.78 is 0. The molecule has 170 valence electrons. The molecular formula is C17H29N5O8. The minimum absolute atomic E-state index is 0.114. The first-order valence-electron chi connectivity index (χ1n) is 9.24. The number of amides is 4. The Bertz CT molecular complexity index is 669. The maximum Gasteiger partial charge on any atom is 0.326 e. The van der Waals surface area contributed by atoms with Gasteiger partial charge in [-0.2, -0.15) is 0 Å². The van der Waals surface area contributed by atoms with Gasteiger partial charge in [0, 0.05) is 6.42 Å². The van der Waals surface area contributed by atoms with Crippen molar-refractivity contribution in [2.45, 2.75) is 57.7 Å². The Hall–Kier alpha value is -3.22. The van der Waals surface area contributed by atoms with E-state index in [2.05, 4.69) is 16.0 Å². The summed E-state index contributed by atoms with van der Waals surface area (Å²) in [6.45, 7) is 2.87. The zero-order valence-corrected chi connectivity index (χ0v) is 16.8. The summed E-state index contributed by atoms with van der Waals surface area (Å²) >= 11 is 0. The molecule has 0 aliphatic heterocycles. The normalized spacial score (nSPS) is 14.5. The van der Waals surface area contributed by atoms with Crippen LogP contribution in [-0.4, -0.2) is 70.5 Å². The van der Waals surface area contributed by atoms with Gasteiger partial charge in [0.25, 0.3) is 0 Å². The molecule has 0 aromatic rings. The Labute approximate surface area is 172 Å². The van der Waals surface area contributed by atoms with Crippen molar-refractivity contribution in [1.82, 2.24) is 16.0 Å². The maximum atomic E-state index is 12.5. The monoisotopic (exact) mass is 431 g/mol. The molecule has 0 rings (SSSR count). The van der Waals surface area contributed by atoms with Gasteiger partial charge in [0.05, 0.1) is 19.0 Å². The number of hydrogen-bond acceptors (Lipinski definition) is 7. The summed E-state index contributed by atoms with van der Waals surface area (Å²) in [5.41, 5.74) is 10.5. The van der Waals surface area contributed by atoms with Crippen LogP contribution in [-0.2, 0) is 28.8 Å². The number of carbonyl (C=O) groups is 6. The Morgan fingerprint density at radius 3 is 2.07 bits per heavy atom. The highest BCUT2D eigenvalue weighted by molar-refractivity contribution is 5.93. The lowest BCUT2D eigenvalue weighted by Gasteiger charge is -2.25. The Kier molecular flexibility index (Phi) is 11.7. The van der Waals surface area contributed by atoms with Crippen molar-refractivity contribution in [2.24, 2.45) is 17.4 Å². The smallest absolute Gasteiger partial charge is 0.326 e. The van der Waals surface area contributed by atoms with Crippen LogP contribution in [0.4, 0.5) is 0 Å². The summed E-state index contributed by atoms with van der Waals surface area (Å²) in [4.78, 5) is 69.1. The fraction of sp³-hybridized carbons (Fsp3) is 0.647. The Morgan fingerprint density at radius 2 is 1.60 bits per heavy atom. The molecule has 0 bridgehead atoms. The third-order valence-corrected chi connectivity index (χ3v) is 4.26. The van der Waals surface area contributed by atoms with E-state index in [0.717, 1.165) is 0 Å². The first kappa shape index (κ1) is 26.8. The van der Waals surface area contributed by atoms with Gasteiger partial charge in [-0.15, -0.1) is 0 Å². The van der Waals surface area contributed by atoms with E-state index in [-0.39, 0.29) is 12.8 Å². The van der Waals surface area contributed by atoms with Crippen molar-refractivity contribution in [2.75, 3.05) is 6.54 Å². The van der Waals surface area contributed by atoms with Gasteiger partial charge in [-0.05, 0) is 12.3 Å². The minimum Gasteiger partial charge on any atom is -0.481 e. The number of carboxylic acids is 2. The summed E-state index contributed by atoms with van der Waals surface area (Å²) in [5, 5.41) is 24.5. The Balaban J connectivity index is 4.92. The average Bonchev–Trinajstić information content (AvgIpc) is 2.66. The van der Waals surface area contributed by atoms with Crippen LogP contribution in [0.5, 0.6) is 0 Å². The molecule has 4 unspecified atom stereocenters. The van der Waals surface area contributed by atoms with Gasteiger partial charge in [-0.1, -0.05) is 20.3 Å². The van der Waals surface area contributed by atoms with Crippen LogP contribution in [0.15, 0.2) is 0 Å². The largest absolute Gasteiger partial charge is 0.481 e. The van der Waals surface area contributed by atoms with Crippen molar-refractivity contribution in [3.63, 3.8) is 0 Å². The zero-order valence-electron chi connectivity index (χ0n) is 16.8. The second-order valence-electron chi connectivity index (χ2n) is 6.76. The molecule has 0 radical (unpaired) electrons. The SMILES string of the molecule is CCC(C)C(NC(=O)CNC(=O)C(N)CCC(=O)O)C(=O)NC(CC(N)=O)C(=O)O. The van der Waals surface area contributed by atoms with E-state index in [4.69, 9.17) is 21.7 Å². The fourth-order valence-electron chi connectivity index (χ4n) is 2.30. The topological polar surface area (TPSA) is 231 Å². The van der Waals surface area contributed by atoms with E-state index in [0.29, 0.717) is 6.42 Å². The van der Waals surface area contributed by atoms with Crippen molar-refractivity contribution >= 4 is 35.6 Å². The number of primary amides is 1. The molecule has 0 saturated heterocycles. The molecule has 9 N–H and O–H groups in total. The number of nitrogens with two attached hydrogens (primary N) is 2. The molecule has 0 fully saturated rings. The van der Waals surface area contributed by atoms with E-state index in [1.54, 1.807) is 13.8 Å². The minimum atomic E-state index is -1.55. The van der Waals surface area contributed by atoms with Crippen molar-refractivity contribution < 1.29 is 39.0 Å². The van der Waals surface area contributed by atoms with Crippen molar-refractivity contribution in [1.29, 1.82) is 0 Å². The van der Waals surface area contributed by atoms with Gasteiger partial charge >= 0.3 is 11.9 Å². The van der Waals surface area contributed by atoms with Crippen LogP contribution in [0.2, 0.25) is 0 Å². The number of carbonyl (C=O) groups excluding carboxylic acids is 4. The van der Waals surface area contributed by atoms with Gasteiger partial charge in [-0.25, -0.2) is 4.79 Å². The van der Waals surface area contributed by atoms with Crippen molar-refractivity contribution in [3.05, 3.63) is 0 Å². The molecule has 0 heterocycles. The molecule has 0 aliphatic carbocycles. The van der Waals surface area contributed by atoms with Crippen LogP contribution in [0.25, 0.3) is 0 Å². The molecule has 0 saturated carbocycles. The first-order valence-corrected chi connectivity index (χ1v) is 9.24. The molecule has 4 amide bonds. The van der Waals surface area contributed by atoms with Crippen LogP contribution in [0.1, 0.15) is 39.5 Å².